The molecule has 16 heavy (non-hydrogen) atoms. The molecular weight excluding hydrogens is 303 g/mol. The zero-order valence-corrected chi connectivity index (χ0v) is 11.4. The van der Waals surface area contributed by atoms with Gasteiger partial charge in [-0.3, -0.25) is 0 Å². The lowest BCUT2D eigenvalue weighted by Gasteiger charge is -2.14. The molecule has 1 nitrogen and oxygen atoms in total. The molecule has 1 aromatic heterocycles. The molecule has 1 atom stereocenters. The summed E-state index contributed by atoms with van der Waals surface area (Å²) in [5.74, 6) is 0. The fraction of sp³-hybridized carbons (Fsp3) is 0.600. The first kappa shape index (κ1) is 14.0. The highest BCUT2D eigenvalue weighted by Crippen LogP contribution is 2.26. The first-order chi connectivity index (χ1) is 7.28. The van der Waals surface area contributed by atoms with Crippen LogP contribution in [0.25, 0.3) is 0 Å². The van der Waals surface area contributed by atoms with Crippen LogP contribution in [0.1, 0.15) is 23.1 Å². The molecule has 6 heteroatoms. The Morgan fingerprint density at radius 3 is 2.56 bits per heavy atom. The predicted octanol–water partition coefficient (Wildman–Crippen LogP) is 4.25. The van der Waals surface area contributed by atoms with Crippen molar-refractivity contribution in [1.29, 1.82) is 0 Å². The third-order valence-electron chi connectivity index (χ3n) is 2.07. The van der Waals surface area contributed by atoms with Gasteiger partial charge in [-0.25, -0.2) is 0 Å². The molecule has 0 aromatic carbocycles. The van der Waals surface area contributed by atoms with Crippen LogP contribution in [0.5, 0.6) is 0 Å². The normalized spacial score (nSPS) is 14.1. The van der Waals surface area contributed by atoms with Crippen molar-refractivity contribution in [2.75, 3.05) is 0 Å². The van der Waals surface area contributed by atoms with E-state index in [4.69, 9.17) is 0 Å². The van der Waals surface area contributed by atoms with E-state index in [0.29, 0.717) is 6.54 Å². The highest BCUT2D eigenvalue weighted by Gasteiger charge is 2.29. The number of halogens is 4. The van der Waals surface area contributed by atoms with Crippen molar-refractivity contribution in [2.45, 2.75) is 39.0 Å². The van der Waals surface area contributed by atoms with Gasteiger partial charge in [0, 0.05) is 26.8 Å². The predicted molar refractivity (Wildman–Crippen MR) is 63.7 cm³/mol. The highest BCUT2D eigenvalue weighted by molar-refractivity contribution is 9.10. The summed E-state index contributed by atoms with van der Waals surface area (Å²) >= 11 is 4.96. The Balaban J connectivity index is 2.40. The van der Waals surface area contributed by atoms with E-state index in [2.05, 4.69) is 21.2 Å². The lowest BCUT2D eigenvalue weighted by Crippen LogP contribution is -2.30. The van der Waals surface area contributed by atoms with Crippen LogP contribution in [0.3, 0.4) is 0 Å². The van der Waals surface area contributed by atoms with Gasteiger partial charge in [-0.2, -0.15) is 13.2 Å². The molecule has 0 spiro atoms. The van der Waals surface area contributed by atoms with Crippen molar-refractivity contribution in [3.63, 3.8) is 0 Å². The average Bonchev–Trinajstić information content (AvgIpc) is 2.40. The van der Waals surface area contributed by atoms with Crippen molar-refractivity contribution in [3.8, 4) is 0 Å². The molecule has 1 heterocycles. The van der Waals surface area contributed by atoms with Gasteiger partial charge >= 0.3 is 6.18 Å². The molecule has 0 aliphatic carbocycles. The number of rotatable bonds is 4. The molecule has 0 radical (unpaired) electrons. The van der Waals surface area contributed by atoms with E-state index in [-0.39, 0.29) is 0 Å². The maximum Gasteiger partial charge on any atom is 0.390 e. The summed E-state index contributed by atoms with van der Waals surface area (Å²) in [6.07, 6.45) is -4.89. The molecule has 1 rings (SSSR count). The SMILES string of the molecule is Cc1sc(CNC(C)CC(F)(F)F)cc1Br. The van der Waals surface area contributed by atoms with Gasteiger partial charge in [-0.05, 0) is 35.8 Å². The second-order valence-corrected chi connectivity index (χ2v) is 5.91. The lowest BCUT2D eigenvalue weighted by molar-refractivity contribution is -0.139. The van der Waals surface area contributed by atoms with Crippen molar-refractivity contribution < 1.29 is 13.2 Å². The smallest absolute Gasteiger partial charge is 0.309 e. The largest absolute Gasteiger partial charge is 0.390 e. The number of alkyl halides is 3. The second kappa shape index (κ2) is 5.51. The van der Waals surface area contributed by atoms with E-state index in [1.54, 1.807) is 18.3 Å². The molecule has 1 N–H and O–H groups in total. The molecule has 0 fully saturated rings. The molecular formula is C10H13BrF3NS. The van der Waals surface area contributed by atoms with E-state index >= 15 is 0 Å². The van der Waals surface area contributed by atoms with E-state index in [0.717, 1.165) is 14.2 Å². The van der Waals surface area contributed by atoms with Crippen molar-refractivity contribution in [1.82, 2.24) is 5.32 Å². The molecule has 0 aliphatic heterocycles. The van der Waals surface area contributed by atoms with Crippen LogP contribution in [-0.4, -0.2) is 12.2 Å². The van der Waals surface area contributed by atoms with Crippen molar-refractivity contribution in [2.24, 2.45) is 0 Å². The summed E-state index contributed by atoms with van der Waals surface area (Å²) in [4.78, 5) is 2.18. The maximum absolute atomic E-state index is 12.1. The number of aryl methyl sites for hydroxylation is 1. The Kier molecular flexibility index (Phi) is 4.82. The summed E-state index contributed by atoms with van der Waals surface area (Å²) in [6.45, 7) is 3.99. The number of thiophene rings is 1. The molecule has 0 bridgehead atoms. The zero-order valence-electron chi connectivity index (χ0n) is 8.99. The minimum Gasteiger partial charge on any atom is -0.309 e. The van der Waals surface area contributed by atoms with Crippen molar-refractivity contribution in [3.05, 3.63) is 20.3 Å². The fourth-order valence-electron chi connectivity index (χ4n) is 1.30. The van der Waals surface area contributed by atoms with Gasteiger partial charge in [0.1, 0.15) is 0 Å². The summed E-state index contributed by atoms with van der Waals surface area (Å²) in [5, 5.41) is 2.87. The fourth-order valence-corrected chi connectivity index (χ4v) is 2.85. The molecule has 0 amide bonds. The van der Waals surface area contributed by atoms with E-state index in [1.807, 2.05) is 13.0 Å². The van der Waals surface area contributed by atoms with Crippen LogP contribution < -0.4 is 5.32 Å². The minimum absolute atomic E-state index is 0.481. The second-order valence-electron chi connectivity index (χ2n) is 3.72. The van der Waals surface area contributed by atoms with Gasteiger partial charge in [0.25, 0.3) is 0 Å². The lowest BCUT2D eigenvalue weighted by atomic mass is 10.2. The van der Waals surface area contributed by atoms with Crippen LogP contribution in [-0.2, 0) is 6.54 Å². The molecule has 0 saturated heterocycles. The third-order valence-corrected chi connectivity index (χ3v) is 4.21. The van der Waals surface area contributed by atoms with Crippen LogP contribution in [0.2, 0.25) is 0 Å². The van der Waals surface area contributed by atoms with E-state index < -0.39 is 18.6 Å². The summed E-state index contributed by atoms with van der Waals surface area (Å²) in [7, 11) is 0. The van der Waals surface area contributed by atoms with Gasteiger partial charge in [0.15, 0.2) is 0 Å². The van der Waals surface area contributed by atoms with Gasteiger partial charge in [-0.1, -0.05) is 0 Å². The first-order valence-electron chi connectivity index (χ1n) is 4.83. The molecule has 0 aliphatic rings. The summed E-state index contributed by atoms with van der Waals surface area (Å²) < 4.78 is 37.2. The van der Waals surface area contributed by atoms with Crippen molar-refractivity contribution >= 4 is 27.3 Å². The van der Waals surface area contributed by atoms with Gasteiger partial charge in [-0.15, -0.1) is 11.3 Å². The number of hydrogen-bond acceptors (Lipinski definition) is 2. The average molecular weight is 316 g/mol. The maximum atomic E-state index is 12.1. The summed E-state index contributed by atoms with van der Waals surface area (Å²) in [5.41, 5.74) is 0. The Morgan fingerprint density at radius 2 is 2.12 bits per heavy atom. The summed E-state index contributed by atoms with van der Waals surface area (Å²) in [6, 6.07) is 1.38. The van der Waals surface area contributed by atoms with Crippen LogP contribution in [0.15, 0.2) is 10.5 Å². The Morgan fingerprint density at radius 1 is 1.50 bits per heavy atom. The van der Waals surface area contributed by atoms with Gasteiger partial charge in [0.05, 0.1) is 6.42 Å². The Labute approximate surface area is 105 Å². The molecule has 1 aromatic rings. The van der Waals surface area contributed by atoms with Gasteiger partial charge in [0.2, 0.25) is 0 Å². The monoisotopic (exact) mass is 315 g/mol. The molecule has 92 valence electrons. The van der Waals surface area contributed by atoms with E-state index in [9.17, 15) is 13.2 Å². The first-order valence-corrected chi connectivity index (χ1v) is 6.44. The minimum atomic E-state index is -4.10. The van der Waals surface area contributed by atoms with Gasteiger partial charge < -0.3 is 5.32 Å². The third kappa shape index (κ3) is 4.84. The van der Waals surface area contributed by atoms with Crippen LogP contribution in [0, 0.1) is 6.92 Å². The Bertz CT molecular complexity index is 329. The topological polar surface area (TPSA) is 12.0 Å². The Hall–Kier alpha value is -0.0700. The molecule has 1 unspecified atom stereocenters. The zero-order chi connectivity index (χ0) is 12.3. The van der Waals surface area contributed by atoms with E-state index in [1.165, 1.54) is 0 Å². The highest BCUT2D eigenvalue weighted by atomic mass is 79.9. The van der Waals surface area contributed by atoms with Crippen LogP contribution in [0.4, 0.5) is 13.2 Å². The number of hydrogen-bond donors (Lipinski definition) is 1. The quantitative estimate of drug-likeness (QED) is 0.876. The van der Waals surface area contributed by atoms with Crippen LogP contribution >= 0.6 is 27.3 Å². The molecule has 0 saturated carbocycles. The number of nitrogens with one attached hydrogen (secondary N) is 1. The standard InChI is InChI=1S/C10H13BrF3NS/c1-6(4-10(12,13)14)15-5-8-3-9(11)7(2)16-8/h3,6,15H,4-5H2,1-2H3.